The summed E-state index contributed by atoms with van der Waals surface area (Å²) in [6, 6.07) is 9.72. The number of cyclic esters (lactones) is 1. The molecule has 3 aliphatic rings. The van der Waals surface area contributed by atoms with E-state index in [1.807, 2.05) is 117 Å². The van der Waals surface area contributed by atoms with Crippen LogP contribution in [-0.2, 0) is 68.3 Å². The van der Waals surface area contributed by atoms with Gasteiger partial charge in [-0.2, -0.15) is 0 Å². The molecule has 0 saturated carbocycles. The molecule has 18 atom stereocenters. The number of benzene rings is 1. The maximum Gasteiger partial charge on any atom is 0.311 e. The van der Waals surface area contributed by atoms with Crippen molar-refractivity contribution in [2.75, 3.05) is 41.5 Å². The van der Waals surface area contributed by atoms with Gasteiger partial charge >= 0.3 is 11.9 Å². The van der Waals surface area contributed by atoms with Gasteiger partial charge in [-0.25, -0.2) is 4.98 Å². The van der Waals surface area contributed by atoms with Crippen molar-refractivity contribution in [2.24, 2.45) is 23.7 Å². The molecule has 3 fully saturated rings. The van der Waals surface area contributed by atoms with Crippen LogP contribution in [0, 0.1) is 23.7 Å². The number of ether oxygens (including phenoxy) is 10. The van der Waals surface area contributed by atoms with Gasteiger partial charge < -0.3 is 61.9 Å². The summed E-state index contributed by atoms with van der Waals surface area (Å²) in [5.41, 5.74) is -1.71. The Balaban J connectivity index is 1.56. The summed E-state index contributed by atoms with van der Waals surface area (Å²) >= 11 is 0. The van der Waals surface area contributed by atoms with Gasteiger partial charge in [0.25, 0.3) is 0 Å². The highest BCUT2D eigenvalue weighted by Gasteiger charge is 2.55. The van der Waals surface area contributed by atoms with E-state index in [0.29, 0.717) is 32.4 Å². The van der Waals surface area contributed by atoms with Gasteiger partial charge in [0.2, 0.25) is 0 Å². The number of Topliss-reactive ketones (excluding diaryl/α,β-unsaturated/α-hetero) is 1. The number of aryl methyl sites for hydroxylation is 1. The van der Waals surface area contributed by atoms with Gasteiger partial charge in [0.1, 0.15) is 29.2 Å². The summed E-state index contributed by atoms with van der Waals surface area (Å²) in [6.45, 7) is 24.9. The number of carbonyl (C=O) groups is 3. The number of aromatic nitrogens is 2. The lowest BCUT2D eigenvalue weighted by Crippen LogP contribution is -2.62. The molecule has 0 amide bonds. The van der Waals surface area contributed by atoms with Crippen molar-refractivity contribution in [3.8, 4) is 11.3 Å². The van der Waals surface area contributed by atoms with E-state index in [0.717, 1.165) is 17.7 Å². The van der Waals surface area contributed by atoms with Gasteiger partial charge in [0.05, 0.1) is 60.7 Å². The molecule has 0 aliphatic carbocycles. The fourth-order valence-electron chi connectivity index (χ4n) is 11.5. The molecule has 0 bridgehead atoms. The zero-order valence-electron chi connectivity index (χ0n) is 46.4. The number of imidazole rings is 1. The van der Waals surface area contributed by atoms with Gasteiger partial charge in [0.15, 0.2) is 18.7 Å². The zero-order chi connectivity index (χ0) is 54.0. The second-order valence-electron chi connectivity index (χ2n) is 21.7. The van der Waals surface area contributed by atoms with Crippen LogP contribution in [0.1, 0.15) is 115 Å². The van der Waals surface area contributed by atoms with Crippen LogP contribution in [0.3, 0.4) is 0 Å². The molecule has 73 heavy (non-hydrogen) atoms. The molecule has 1 aromatic carbocycles. The molecule has 3 saturated heterocycles. The molecule has 1 aromatic heterocycles. The normalized spacial score (nSPS) is 38.1. The summed E-state index contributed by atoms with van der Waals surface area (Å²) in [4.78, 5) is 49.2. The smallest absolute Gasteiger partial charge is 0.311 e. The second kappa shape index (κ2) is 26.4. The number of hydrogen-bond acceptors (Lipinski definition) is 16. The van der Waals surface area contributed by atoms with Crippen LogP contribution in [0.5, 0.6) is 0 Å². The van der Waals surface area contributed by atoms with Gasteiger partial charge in [0, 0.05) is 76.3 Å². The molecule has 1 unspecified atom stereocenters. The number of carbonyl (C=O) groups excluding carboxylic acids is 3. The number of aliphatic hydroxyl groups excluding tert-OH is 1. The molecule has 17 nitrogen and oxygen atoms in total. The van der Waals surface area contributed by atoms with Gasteiger partial charge in [-0.15, -0.1) is 6.58 Å². The molecule has 2 aromatic rings. The highest BCUT2D eigenvalue weighted by molar-refractivity contribution is 5.83. The Morgan fingerprint density at radius 2 is 1.60 bits per heavy atom. The van der Waals surface area contributed by atoms with E-state index in [2.05, 4.69) is 16.1 Å². The summed E-state index contributed by atoms with van der Waals surface area (Å²) in [6.07, 6.45) is -0.582. The number of hydrogen-bond donors (Lipinski definition) is 1. The van der Waals surface area contributed by atoms with E-state index in [1.165, 1.54) is 6.92 Å². The fraction of sp³-hybridized carbons (Fsp3) is 0.750. The molecule has 0 spiro atoms. The largest absolute Gasteiger partial charge is 0.459 e. The zero-order valence-corrected chi connectivity index (χ0v) is 46.4. The highest BCUT2D eigenvalue weighted by atomic mass is 16.7. The lowest BCUT2D eigenvalue weighted by molar-refractivity contribution is -0.320. The van der Waals surface area contributed by atoms with Crippen molar-refractivity contribution in [2.45, 2.75) is 205 Å². The first-order valence-electron chi connectivity index (χ1n) is 26.4. The average molecular weight is 1030 g/mol. The molecule has 1 N–H and O–H groups in total. The van der Waals surface area contributed by atoms with Crippen molar-refractivity contribution in [3.05, 3.63) is 55.5 Å². The van der Waals surface area contributed by atoms with Crippen molar-refractivity contribution < 1.29 is 66.9 Å². The van der Waals surface area contributed by atoms with Crippen molar-refractivity contribution in [1.82, 2.24) is 14.5 Å². The number of ketones is 1. The third-order valence-corrected chi connectivity index (χ3v) is 15.8. The first-order valence-corrected chi connectivity index (χ1v) is 26.4. The topological polar surface area (TPSA) is 185 Å². The molecule has 412 valence electrons. The Bertz CT molecular complexity index is 2070. The second-order valence-corrected chi connectivity index (χ2v) is 21.7. The molecular formula is C56H89N3O14. The van der Waals surface area contributed by atoms with E-state index in [1.54, 1.807) is 34.1 Å². The Morgan fingerprint density at radius 3 is 2.22 bits per heavy atom. The minimum atomic E-state index is -1.34. The molecule has 3 aliphatic heterocycles. The maximum atomic E-state index is 15.2. The number of methoxy groups -OCH3 is 2. The standard InChI is InChI=1S/C56H89N3O14/c1-17-27-67-56(12)44(18-2)71-52(63)38(7)48(72-45-31-55(11,65-16)51(39(8)69-45)70-40(9)60)37(6)49(73-53-47(62)43(58(13)14)29-35(4)68-53)54(10,64-15)30-34(3)46(61)36(5)50(56)66-28-23-22-26-59-32-42(57-33-59)41-24-20-19-21-25-41/h17,19-21,24-25,32-39,43-45,47-51,53,62H,1,18,22-23,26-31H2,2-16H3/t34-,35-,36+,37+,38-,39+,43+,44-,45+,47-,48+,49-,50-,51+,53?,54+,55-,56-/m1/s1. The predicted molar refractivity (Wildman–Crippen MR) is 275 cm³/mol. The number of nitrogens with zero attached hydrogens (tertiary/aromatic N) is 3. The Labute approximate surface area is 435 Å². The highest BCUT2D eigenvalue weighted by Crippen LogP contribution is 2.43. The number of rotatable bonds is 19. The first kappa shape index (κ1) is 60.2. The average Bonchev–Trinajstić information content (AvgIpc) is 3.84. The van der Waals surface area contributed by atoms with Crippen LogP contribution in [0.4, 0.5) is 0 Å². The van der Waals surface area contributed by atoms with Crippen molar-refractivity contribution >= 4 is 17.7 Å². The number of unbranched alkanes of at least 4 members (excludes halogenated alkanes) is 1. The van der Waals surface area contributed by atoms with E-state index in [9.17, 15) is 9.90 Å². The Hall–Kier alpha value is -3.62. The van der Waals surface area contributed by atoms with Crippen molar-refractivity contribution in [1.29, 1.82) is 0 Å². The van der Waals surface area contributed by atoms with Gasteiger partial charge in [-0.1, -0.05) is 64.1 Å². The molecular weight excluding hydrogens is 939 g/mol. The number of aliphatic hydroxyl groups is 1. The van der Waals surface area contributed by atoms with Crippen LogP contribution in [-0.4, -0.2) is 163 Å². The quantitative estimate of drug-likeness (QED) is 0.0824. The molecule has 4 heterocycles. The van der Waals surface area contributed by atoms with E-state index in [4.69, 9.17) is 47.4 Å². The van der Waals surface area contributed by atoms with Crippen LogP contribution in [0.15, 0.2) is 55.5 Å². The van der Waals surface area contributed by atoms with Crippen LogP contribution < -0.4 is 0 Å². The summed E-state index contributed by atoms with van der Waals surface area (Å²) in [5.74, 6) is -4.30. The van der Waals surface area contributed by atoms with Crippen LogP contribution >= 0.6 is 0 Å². The summed E-state index contributed by atoms with van der Waals surface area (Å²) < 4.78 is 67.5. The van der Waals surface area contributed by atoms with E-state index in [-0.39, 0.29) is 37.4 Å². The minimum absolute atomic E-state index is 0.0938. The third-order valence-electron chi connectivity index (χ3n) is 15.8. The van der Waals surface area contributed by atoms with Gasteiger partial charge in [-0.05, 0) is 87.7 Å². The summed E-state index contributed by atoms with van der Waals surface area (Å²) in [5, 5.41) is 11.9. The van der Waals surface area contributed by atoms with Crippen LogP contribution in [0.25, 0.3) is 11.3 Å². The van der Waals surface area contributed by atoms with Gasteiger partial charge in [-0.3, -0.25) is 14.4 Å². The Morgan fingerprint density at radius 1 is 0.932 bits per heavy atom. The Kier molecular flexibility index (Phi) is 21.8. The monoisotopic (exact) mass is 1030 g/mol. The SMILES string of the molecule is C=CCO[C@@]1(C)[C@H](OCCCCn2cnc(-c3ccccc3)c2)[C@@H](C)C(=O)[C@H](C)C[C@](C)(OC)[C@H](OC2O[C@H](C)C[C@H](N(C)C)[C@H]2O)[C@@H](C)[C@H](O[C@H]2C[C@@](C)(OC)[C@@H](OC(C)=O)[C@H](C)O2)[C@@H](C)C(=O)O[C@@H]1CC. The van der Waals surface area contributed by atoms with Crippen LogP contribution in [0.2, 0.25) is 0 Å². The first-order chi connectivity index (χ1) is 34.5. The maximum absolute atomic E-state index is 15.2. The van der Waals surface area contributed by atoms with E-state index >= 15 is 9.59 Å². The minimum Gasteiger partial charge on any atom is -0.459 e. The summed E-state index contributed by atoms with van der Waals surface area (Å²) in [7, 11) is 6.92. The van der Waals surface area contributed by atoms with E-state index < -0.39 is 108 Å². The molecule has 5 rings (SSSR count). The fourth-order valence-corrected chi connectivity index (χ4v) is 11.5. The predicted octanol–water partition coefficient (Wildman–Crippen LogP) is 7.59. The lowest BCUT2D eigenvalue weighted by Gasteiger charge is -2.50. The third kappa shape index (κ3) is 14.5. The number of esters is 2. The number of likely N-dealkylation sites (N-methyl/N-ethyl adjacent to an activating group) is 1. The van der Waals surface area contributed by atoms with Crippen molar-refractivity contribution in [3.63, 3.8) is 0 Å². The molecule has 17 heteroatoms. The molecule has 0 radical (unpaired) electrons. The lowest BCUT2D eigenvalue weighted by atomic mass is 9.73.